The molecule has 0 saturated carbocycles. The smallest absolute Gasteiger partial charge is 0.237 e. The lowest BCUT2D eigenvalue weighted by Gasteiger charge is -2.35. The molecule has 0 unspecified atom stereocenters. The summed E-state index contributed by atoms with van der Waals surface area (Å²) in [6.45, 7) is 6.92. The molecule has 2 rings (SSSR count). The number of rotatable bonds is 6. The Morgan fingerprint density at radius 1 is 1.30 bits per heavy atom. The van der Waals surface area contributed by atoms with Crippen molar-refractivity contribution in [2.24, 2.45) is 0 Å². The highest BCUT2D eigenvalue weighted by Crippen LogP contribution is 2.15. The Hall–Kier alpha value is -1.95. The van der Waals surface area contributed by atoms with E-state index >= 15 is 0 Å². The van der Waals surface area contributed by atoms with E-state index < -0.39 is 6.04 Å². The van der Waals surface area contributed by atoms with Crippen molar-refractivity contribution in [3.8, 4) is 0 Å². The molecular formula is C17H24FN3O2. The van der Waals surface area contributed by atoms with Crippen LogP contribution in [0.25, 0.3) is 0 Å². The molecule has 1 atom stereocenters. The predicted molar refractivity (Wildman–Crippen MR) is 86.2 cm³/mol. The summed E-state index contributed by atoms with van der Waals surface area (Å²) in [6.07, 6.45) is 0.175. The van der Waals surface area contributed by atoms with Crippen LogP contribution in [0.2, 0.25) is 0 Å². The molecule has 1 aliphatic rings. The maximum Gasteiger partial charge on any atom is 0.237 e. The van der Waals surface area contributed by atoms with Crippen molar-refractivity contribution in [1.29, 1.82) is 0 Å². The van der Waals surface area contributed by atoms with Gasteiger partial charge in [-0.25, -0.2) is 4.39 Å². The standard InChI is InChI=1S/C17H24FN3O2/c1-3-20(4-2)16(22)11-15-17(23)19-9-10-21(15)12-13-5-7-14(18)8-6-13/h5-8,15H,3-4,9-12H2,1-2H3,(H,19,23)/t15-/m1/s1. The lowest BCUT2D eigenvalue weighted by Crippen LogP contribution is -2.56. The van der Waals surface area contributed by atoms with Crippen molar-refractivity contribution < 1.29 is 14.0 Å². The molecular weight excluding hydrogens is 297 g/mol. The van der Waals surface area contributed by atoms with Crippen LogP contribution in [0.3, 0.4) is 0 Å². The van der Waals surface area contributed by atoms with Crippen LogP contribution in [0, 0.1) is 5.82 Å². The number of benzene rings is 1. The van der Waals surface area contributed by atoms with Crippen LogP contribution < -0.4 is 5.32 Å². The Morgan fingerprint density at radius 3 is 2.57 bits per heavy atom. The number of piperazine rings is 1. The summed E-state index contributed by atoms with van der Waals surface area (Å²) in [7, 11) is 0. The van der Waals surface area contributed by atoms with Gasteiger partial charge in [-0.05, 0) is 31.5 Å². The quantitative estimate of drug-likeness (QED) is 0.861. The highest BCUT2D eigenvalue weighted by atomic mass is 19.1. The minimum Gasteiger partial charge on any atom is -0.353 e. The van der Waals surface area contributed by atoms with Gasteiger partial charge in [0.05, 0.1) is 12.5 Å². The van der Waals surface area contributed by atoms with E-state index in [-0.39, 0.29) is 24.1 Å². The Bertz CT molecular complexity index is 543. The molecule has 0 radical (unpaired) electrons. The van der Waals surface area contributed by atoms with Gasteiger partial charge >= 0.3 is 0 Å². The summed E-state index contributed by atoms with van der Waals surface area (Å²) in [4.78, 5) is 28.3. The van der Waals surface area contributed by atoms with Crippen molar-refractivity contribution in [2.75, 3.05) is 26.2 Å². The van der Waals surface area contributed by atoms with Crippen molar-refractivity contribution >= 4 is 11.8 Å². The van der Waals surface area contributed by atoms with E-state index in [0.717, 1.165) is 5.56 Å². The first-order valence-electron chi connectivity index (χ1n) is 8.09. The molecule has 0 bridgehead atoms. The second-order valence-electron chi connectivity index (χ2n) is 5.67. The van der Waals surface area contributed by atoms with Crippen molar-refractivity contribution in [3.05, 3.63) is 35.6 Å². The van der Waals surface area contributed by atoms with Gasteiger partial charge in [-0.1, -0.05) is 12.1 Å². The summed E-state index contributed by atoms with van der Waals surface area (Å²) in [5.74, 6) is -0.404. The number of hydrogen-bond donors (Lipinski definition) is 1. The molecule has 1 aromatic rings. The topological polar surface area (TPSA) is 52.7 Å². The zero-order valence-corrected chi connectivity index (χ0v) is 13.7. The average molecular weight is 321 g/mol. The molecule has 126 valence electrons. The van der Waals surface area contributed by atoms with Gasteiger partial charge in [-0.2, -0.15) is 0 Å². The molecule has 0 aromatic heterocycles. The molecule has 2 amide bonds. The third kappa shape index (κ3) is 4.51. The largest absolute Gasteiger partial charge is 0.353 e. The predicted octanol–water partition coefficient (Wildman–Crippen LogP) is 1.38. The van der Waals surface area contributed by atoms with Gasteiger partial charge in [0.25, 0.3) is 0 Å². The fourth-order valence-corrected chi connectivity index (χ4v) is 2.87. The fourth-order valence-electron chi connectivity index (χ4n) is 2.87. The number of amides is 2. The van der Waals surface area contributed by atoms with E-state index in [2.05, 4.69) is 5.32 Å². The van der Waals surface area contributed by atoms with Crippen molar-refractivity contribution in [2.45, 2.75) is 32.9 Å². The van der Waals surface area contributed by atoms with Crippen LogP contribution in [-0.4, -0.2) is 53.8 Å². The van der Waals surface area contributed by atoms with Crippen LogP contribution in [0.1, 0.15) is 25.8 Å². The molecule has 23 heavy (non-hydrogen) atoms. The summed E-state index contributed by atoms with van der Waals surface area (Å²) in [5, 5.41) is 2.83. The zero-order chi connectivity index (χ0) is 16.8. The number of halogens is 1. The van der Waals surface area contributed by atoms with Gasteiger partial charge in [0, 0.05) is 32.7 Å². The first-order valence-corrected chi connectivity index (χ1v) is 8.09. The molecule has 0 aliphatic carbocycles. The molecule has 1 aromatic carbocycles. The van der Waals surface area contributed by atoms with E-state index in [0.29, 0.717) is 32.7 Å². The van der Waals surface area contributed by atoms with Gasteiger partial charge in [0.15, 0.2) is 0 Å². The highest BCUT2D eigenvalue weighted by Gasteiger charge is 2.32. The van der Waals surface area contributed by atoms with E-state index in [1.165, 1.54) is 12.1 Å². The molecule has 1 heterocycles. The van der Waals surface area contributed by atoms with Gasteiger partial charge in [-0.3, -0.25) is 14.5 Å². The molecule has 1 saturated heterocycles. The van der Waals surface area contributed by atoms with Gasteiger partial charge in [0.2, 0.25) is 11.8 Å². The van der Waals surface area contributed by atoms with Gasteiger partial charge < -0.3 is 10.2 Å². The zero-order valence-electron chi connectivity index (χ0n) is 13.7. The van der Waals surface area contributed by atoms with E-state index in [9.17, 15) is 14.0 Å². The molecule has 1 fully saturated rings. The Balaban J connectivity index is 2.07. The van der Waals surface area contributed by atoms with Crippen molar-refractivity contribution in [1.82, 2.24) is 15.1 Å². The normalized spacial score (nSPS) is 18.6. The number of carbonyl (C=O) groups is 2. The molecule has 5 nitrogen and oxygen atoms in total. The van der Waals surface area contributed by atoms with Gasteiger partial charge in [-0.15, -0.1) is 0 Å². The fraction of sp³-hybridized carbons (Fsp3) is 0.529. The summed E-state index contributed by atoms with van der Waals surface area (Å²) in [5.41, 5.74) is 0.932. The van der Waals surface area contributed by atoms with Crippen LogP contribution in [0.4, 0.5) is 4.39 Å². The number of hydrogen-bond acceptors (Lipinski definition) is 3. The average Bonchev–Trinajstić information content (AvgIpc) is 2.54. The van der Waals surface area contributed by atoms with Crippen LogP contribution in [0.15, 0.2) is 24.3 Å². The van der Waals surface area contributed by atoms with E-state index in [1.54, 1.807) is 17.0 Å². The molecule has 6 heteroatoms. The van der Waals surface area contributed by atoms with Gasteiger partial charge in [0.1, 0.15) is 5.82 Å². The third-order valence-electron chi connectivity index (χ3n) is 4.22. The maximum absolute atomic E-state index is 13.0. The second-order valence-corrected chi connectivity index (χ2v) is 5.67. The Kier molecular flexibility index (Phi) is 6.10. The first-order chi connectivity index (χ1) is 11.0. The lowest BCUT2D eigenvalue weighted by atomic mass is 10.1. The Labute approximate surface area is 136 Å². The minimum absolute atomic E-state index is 0.0128. The SMILES string of the molecule is CCN(CC)C(=O)C[C@@H]1C(=O)NCCN1Cc1ccc(F)cc1. The monoisotopic (exact) mass is 321 g/mol. The van der Waals surface area contributed by atoms with Crippen LogP contribution in [0.5, 0.6) is 0 Å². The number of carbonyl (C=O) groups excluding carboxylic acids is 2. The second kappa shape index (κ2) is 8.06. The van der Waals surface area contributed by atoms with Crippen LogP contribution >= 0.6 is 0 Å². The highest BCUT2D eigenvalue weighted by molar-refractivity contribution is 5.88. The molecule has 0 spiro atoms. The van der Waals surface area contributed by atoms with E-state index in [1.807, 2.05) is 18.7 Å². The molecule has 1 N–H and O–H groups in total. The third-order valence-corrected chi connectivity index (χ3v) is 4.22. The first kappa shape index (κ1) is 17.4. The van der Waals surface area contributed by atoms with E-state index in [4.69, 9.17) is 0 Å². The summed E-state index contributed by atoms with van der Waals surface area (Å²) in [6, 6.07) is 5.78. The summed E-state index contributed by atoms with van der Waals surface area (Å²) >= 11 is 0. The molecule has 1 aliphatic heterocycles. The number of nitrogens with one attached hydrogen (secondary N) is 1. The Morgan fingerprint density at radius 2 is 1.96 bits per heavy atom. The number of nitrogens with zero attached hydrogens (tertiary/aromatic N) is 2. The minimum atomic E-state index is -0.470. The van der Waals surface area contributed by atoms with Crippen molar-refractivity contribution in [3.63, 3.8) is 0 Å². The van der Waals surface area contributed by atoms with Crippen LogP contribution in [-0.2, 0) is 16.1 Å². The maximum atomic E-state index is 13.0. The lowest BCUT2D eigenvalue weighted by molar-refractivity contribution is -0.138. The summed E-state index contributed by atoms with van der Waals surface area (Å²) < 4.78 is 13.0.